The Balaban J connectivity index is 2.46. The normalized spacial score (nSPS) is 31.1. The number of rotatable bonds is 4. The van der Waals surface area contributed by atoms with Gasteiger partial charge in [-0.3, -0.25) is 4.79 Å². The summed E-state index contributed by atoms with van der Waals surface area (Å²) in [5.74, 6) is 1.25. The molecular formula is C12H18O2. The van der Waals surface area contributed by atoms with Crippen molar-refractivity contribution in [2.45, 2.75) is 19.8 Å². The lowest BCUT2D eigenvalue weighted by molar-refractivity contribution is -0.142. The van der Waals surface area contributed by atoms with E-state index in [9.17, 15) is 4.79 Å². The maximum absolute atomic E-state index is 10.7. The summed E-state index contributed by atoms with van der Waals surface area (Å²) in [7, 11) is 0. The van der Waals surface area contributed by atoms with Gasteiger partial charge in [0.15, 0.2) is 0 Å². The van der Waals surface area contributed by atoms with E-state index >= 15 is 0 Å². The summed E-state index contributed by atoms with van der Waals surface area (Å²) in [6.07, 6.45) is 6.12. The summed E-state index contributed by atoms with van der Waals surface area (Å²) in [6, 6.07) is 0. The Labute approximate surface area is 85.6 Å². The van der Waals surface area contributed by atoms with Crippen LogP contribution in [-0.4, -0.2) is 12.6 Å². The highest BCUT2D eigenvalue weighted by atomic mass is 16.5. The first kappa shape index (κ1) is 11.0. The van der Waals surface area contributed by atoms with Gasteiger partial charge in [-0.2, -0.15) is 0 Å². The highest BCUT2D eigenvalue weighted by Crippen LogP contribution is 2.37. The second kappa shape index (κ2) is 4.99. The van der Waals surface area contributed by atoms with Crippen molar-refractivity contribution in [1.82, 2.24) is 0 Å². The van der Waals surface area contributed by atoms with Crippen molar-refractivity contribution < 1.29 is 9.53 Å². The SMILES string of the molecule is C=CC1CC(C=C)C(COC(C)=O)C1. The number of carbonyl (C=O) groups is 1. The van der Waals surface area contributed by atoms with E-state index in [4.69, 9.17) is 4.74 Å². The molecule has 0 N–H and O–H groups in total. The zero-order valence-electron chi connectivity index (χ0n) is 8.74. The van der Waals surface area contributed by atoms with Crippen LogP contribution in [0, 0.1) is 17.8 Å². The van der Waals surface area contributed by atoms with Gasteiger partial charge in [0.2, 0.25) is 0 Å². The van der Waals surface area contributed by atoms with Crippen LogP contribution in [0.25, 0.3) is 0 Å². The molecule has 1 fully saturated rings. The average molecular weight is 194 g/mol. The average Bonchev–Trinajstić information content (AvgIpc) is 2.57. The largest absolute Gasteiger partial charge is 0.466 e. The minimum atomic E-state index is -0.199. The van der Waals surface area contributed by atoms with Gasteiger partial charge in [-0.15, -0.1) is 13.2 Å². The molecule has 0 heterocycles. The zero-order chi connectivity index (χ0) is 10.6. The quantitative estimate of drug-likeness (QED) is 0.508. The predicted molar refractivity (Wildman–Crippen MR) is 56.7 cm³/mol. The molecule has 78 valence electrons. The molecule has 14 heavy (non-hydrogen) atoms. The van der Waals surface area contributed by atoms with E-state index in [0.717, 1.165) is 12.8 Å². The second-order valence-corrected chi connectivity index (χ2v) is 3.93. The van der Waals surface area contributed by atoms with Crippen LogP contribution in [0.3, 0.4) is 0 Å². The zero-order valence-corrected chi connectivity index (χ0v) is 8.74. The monoisotopic (exact) mass is 194 g/mol. The molecule has 0 radical (unpaired) electrons. The second-order valence-electron chi connectivity index (χ2n) is 3.93. The smallest absolute Gasteiger partial charge is 0.302 e. The molecule has 0 aromatic heterocycles. The van der Waals surface area contributed by atoms with Crippen molar-refractivity contribution in [3.8, 4) is 0 Å². The van der Waals surface area contributed by atoms with Gasteiger partial charge in [-0.05, 0) is 30.6 Å². The van der Waals surface area contributed by atoms with Gasteiger partial charge in [0.25, 0.3) is 0 Å². The fourth-order valence-corrected chi connectivity index (χ4v) is 2.10. The van der Waals surface area contributed by atoms with Crippen molar-refractivity contribution in [3.05, 3.63) is 25.3 Å². The minimum Gasteiger partial charge on any atom is -0.466 e. The number of allylic oxidation sites excluding steroid dienone is 2. The van der Waals surface area contributed by atoms with E-state index in [1.54, 1.807) is 0 Å². The molecule has 0 bridgehead atoms. The predicted octanol–water partition coefficient (Wildman–Crippen LogP) is 2.56. The fraction of sp³-hybridized carbons (Fsp3) is 0.583. The van der Waals surface area contributed by atoms with Gasteiger partial charge in [-0.1, -0.05) is 12.2 Å². The molecule has 0 saturated heterocycles. The molecule has 0 aliphatic heterocycles. The molecule has 1 rings (SSSR count). The van der Waals surface area contributed by atoms with Crippen LogP contribution in [0.1, 0.15) is 19.8 Å². The number of hydrogen-bond donors (Lipinski definition) is 0. The molecule has 0 amide bonds. The van der Waals surface area contributed by atoms with E-state index in [0.29, 0.717) is 24.4 Å². The topological polar surface area (TPSA) is 26.3 Å². The highest BCUT2D eigenvalue weighted by molar-refractivity contribution is 5.65. The van der Waals surface area contributed by atoms with Crippen LogP contribution >= 0.6 is 0 Å². The van der Waals surface area contributed by atoms with Crippen molar-refractivity contribution in [2.24, 2.45) is 17.8 Å². The Kier molecular flexibility index (Phi) is 3.93. The standard InChI is InChI=1S/C12H18O2/c1-4-10-6-11(5-2)12(7-10)8-14-9(3)13/h4-5,10-12H,1-2,6-8H2,3H3. The molecule has 1 aliphatic rings. The van der Waals surface area contributed by atoms with E-state index in [1.165, 1.54) is 6.92 Å². The van der Waals surface area contributed by atoms with Crippen LogP contribution in [-0.2, 0) is 9.53 Å². The van der Waals surface area contributed by atoms with Crippen molar-refractivity contribution in [3.63, 3.8) is 0 Å². The summed E-state index contributed by atoms with van der Waals surface area (Å²) in [4.78, 5) is 10.7. The molecule has 2 heteroatoms. The molecule has 1 aliphatic carbocycles. The minimum absolute atomic E-state index is 0.199. The van der Waals surface area contributed by atoms with Gasteiger partial charge >= 0.3 is 5.97 Å². The van der Waals surface area contributed by atoms with Crippen LogP contribution < -0.4 is 0 Å². The fourth-order valence-electron chi connectivity index (χ4n) is 2.10. The van der Waals surface area contributed by atoms with Gasteiger partial charge in [0.05, 0.1) is 6.61 Å². The summed E-state index contributed by atoms with van der Waals surface area (Å²) in [6.45, 7) is 9.58. The van der Waals surface area contributed by atoms with E-state index in [-0.39, 0.29) is 5.97 Å². The van der Waals surface area contributed by atoms with Crippen LogP contribution in [0.4, 0.5) is 0 Å². The first-order valence-corrected chi connectivity index (χ1v) is 5.05. The third kappa shape index (κ3) is 2.72. The Bertz CT molecular complexity index is 232. The Morgan fingerprint density at radius 2 is 2.14 bits per heavy atom. The van der Waals surface area contributed by atoms with E-state index in [2.05, 4.69) is 13.2 Å². The molecule has 0 aromatic rings. The Morgan fingerprint density at radius 3 is 2.64 bits per heavy atom. The third-order valence-corrected chi connectivity index (χ3v) is 2.92. The molecule has 3 atom stereocenters. The highest BCUT2D eigenvalue weighted by Gasteiger charge is 2.31. The lowest BCUT2D eigenvalue weighted by Gasteiger charge is -2.14. The molecule has 2 nitrogen and oxygen atoms in total. The lowest BCUT2D eigenvalue weighted by Crippen LogP contribution is -2.14. The first-order valence-electron chi connectivity index (χ1n) is 5.05. The number of hydrogen-bond acceptors (Lipinski definition) is 2. The van der Waals surface area contributed by atoms with Crippen LogP contribution in [0.15, 0.2) is 25.3 Å². The van der Waals surface area contributed by atoms with Crippen molar-refractivity contribution in [2.75, 3.05) is 6.61 Å². The van der Waals surface area contributed by atoms with Gasteiger partial charge in [-0.25, -0.2) is 0 Å². The van der Waals surface area contributed by atoms with Crippen LogP contribution in [0.5, 0.6) is 0 Å². The van der Waals surface area contributed by atoms with Crippen LogP contribution in [0.2, 0.25) is 0 Å². The number of ether oxygens (including phenoxy) is 1. The summed E-state index contributed by atoms with van der Waals surface area (Å²) in [5.41, 5.74) is 0. The molecule has 1 saturated carbocycles. The molecule has 3 unspecified atom stereocenters. The van der Waals surface area contributed by atoms with Gasteiger partial charge in [0.1, 0.15) is 0 Å². The maximum Gasteiger partial charge on any atom is 0.302 e. The Hall–Kier alpha value is -1.05. The summed E-state index contributed by atoms with van der Waals surface area (Å²) in [5, 5.41) is 0. The third-order valence-electron chi connectivity index (χ3n) is 2.92. The number of carbonyl (C=O) groups excluding carboxylic acids is 1. The van der Waals surface area contributed by atoms with Gasteiger partial charge in [0, 0.05) is 6.92 Å². The summed E-state index contributed by atoms with van der Waals surface area (Å²) < 4.78 is 5.03. The van der Waals surface area contributed by atoms with E-state index < -0.39 is 0 Å². The van der Waals surface area contributed by atoms with E-state index in [1.807, 2.05) is 12.2 Å². The number of esters is 1. The lowest BCUT2D eigenvalue weighted by atomic mass is 9.97. The molecule has 0 aromatic carbocycles. The van der Waals surface area contributed by atoms with Crippen molar-refractivity contribution in [1.29, 1.82) is 0 Å². The summed E-state index contributed by atoms with van der Waals surface area (Å²) >= 11 is 0. The molecule has 0 spiro atoms. The van der Waals surface area contributed by atoms with Crippen molar-refractivity contribution >= 4 is 5.97 Å². The first-order chi connectivity index (χ1) is 6.67. The Morgan fingerprint density at radius 1 is 1.43 bits per heavy atom. The van der Waals surface area contributed by atoms with Gasteiger partial charge < -0.3 is 4.74 Å². The molecular weight excluding hydrogens is 176 g/mol. The maximum atomic E-state index is 10.7.